The maximum absolute atomic E-state index is 13.6. The molecule has 3 heteroatoms. The van der Waals surface area contributed by atoms with Crippen LogP contribution in [0.4, 0.5) is 4.39 Å². The number of nitrogens with one attached hydrogen (secondary N) is 1. The Kier molecular flexibility index (Phi) is 3.68. The maximum atomic E-state index is 13.6. The molecule has 0 spiro atoms. The van der Waals surface area contributed by atoms with Gasteiger partial charge in [-0.25, -0.2) is 4.39 Å². The van der Waals surface area contributed by atoms with Crippen LogP contribution in [0.1, 0.15) is 39.5 Å². The first kappa shape index (κ1) is 10.9. The van der Waals surface area contributed by atoms with Crippen molar-refractivity contribution in [2.24, 2.45) is 5.73 Å². The number of nitrogens with two attached hydrogens (primary N) is 1. The van der Waals surface area contributed by atoms with Crippen molar-refractivity contribution in [3.05, 3.63) is 0 Å². The second-order valence-electron chi connectivity index (χ2n) is 4.77. The van der Waals surface area contributed by atoms with E-state index < -0.39 is 11.7 Å². The van der Waals surface area contributed by atoms with Crippen molar-refractivity contribution >= 4 is 0 Å². The molecular weight excluding hydrogens is 167 g/mol. The van der Waals surface area contributed by atoms with Gasteiger partial charge in [0.2, 0.25) is 0 Å². The lowest BCUT2D eigenvalue weighted by Gasteiger charge is -2.30. The largest absolute Gasteiger partial charge is 0.325 e. The molecule has 0 aromatic rings. The van der Waals surface area contributed by atoms with Gasteiger partial charge in [0, 0.05) is 11.6 Å². The molecule has 78 valence electrons. The molecule has 1 fully saturated rings. The van der Waals surface area contributed by atoms with Crippen molar-refractivity contribution in [3.63, 3.8) is 0 Å². The number of rotatable bonds is 3. The predicted molar refractivity (Wildman–Crippen MR) is 53.4 cm³/mol. The van der Waals surface area contributed by atoms with Gasteiger partial charge in [0.15, 0.2) is 0 Å². The zero-order valence-corrected chi connectivity index (χ0v) is 8.65. The highest BCUT2D eigenvalue weighted by Crippen LogP contribution is 2.19. The molecule has 13 heavy (non-hydrogen) atoms. The van der Waals surface area contributed by atoms with Gasteiger partial charge in [-0.1, -0.05) is 6.42 Å². The van der Waals surface area contributed by atoms with Crippen LogP contribution in [0.3, 0.4) is 0 Å². The molecule has 0 bridgehead atoms. The van der Waals surface area contributed by atoms with Crippen molar-refractivity contribution in [1.29, 1.82) is 0 Å². The van der Waals surface area contributed by atoms with Crippen molar-refractivity contribution in [2.45, 2.75) is 57.3 Å². The molecule has 1 heterocycles. The summed E-state index contributed by atoms with van der Waals surface area (Å²) in [5.74, 6) is 0. The van der Waals surface area contributed by atoms with E-state index >= 15 is 0 Å². The van der Waals surface area contributed by atoms with Crippen molar-refractivity contribution in [1.82, 2.24) is 5.32 Å². The fourth-order valence-corrected chi connectivity index (χ4v) is 1.83. The molecule has 1 aliphatic heterocycles. The standard InChI is InChI=1S/C10H21FN2/c1-10(2,12)7-8(11)9-5-3-4-6-13-9/h8-9,13H,3-7,12H2,1-2H3. The first-order valence-corrected chi connectivity index (χ1v) is 5.15. The summed E-state index contributed by atoms with van der Waals surface area (Å²) in [7, 11) is 0. The van der Waals surface area contributed by atoms with Crippen molar-refractivity contribution in [2.75, 3.05) is 6.54 Å². The fraction of sp³-hybridized carbons (Fsp3) is 1.00. The van der Waals surface area contributed by atoms with Gasteiger partial charge in [0.1, 0.15) is 6.17 Å². The smallest absolute Gasteiger partial charge is 0.117 e. The molecule has 2 unspecified atom stereocenters. The molecule has 2 atom stereocenters. The van der Waals surface area contributed by atoms with E-state index in [-0.39, 0.29) is 6.04 Å². The molecule has 0 aromatic heterocycles. The Labute approximate surface area is 80.1 Å². The van der Waals surface area contributed by atoms with Gasteiger partial charge in [-0.15, -0.1) is 0 Å². The van der Waals surface area contributed by atoms with Gasteiger partial charge in [-0.3, -0.25) is 0 Å². The van der Waals surface area contributed by atoms with Crippen LogP contribution in [0.2, 0.25) is 0 Å². The summed E-state index contributed by atoms with van der Waals surface area (Å²) in [4.78, 5) is 0. The second kappa shape index (κ2) is 4.38. The van der Waals surface area contributed by atoms with E-state index in [0.717, 1.165) is 19.4 Å². The third-order valence-electron chi connectivity index (χ3n) is 2.51. The van der Waals surface area contributed by atoms with Crippen LogP contribution in [-0.4, -0.2) is 24.3 Å². The van der Waals surface area contributed by atoms with Gasteiger partial charge in [-0.05, 0) is 39.7 Å². The predicted octanol–water partition coefficient (Wildman–Crippen LogP) is 1.59. The van der Waals surface area contributed by atoms with Gasteiger partial charge in [0.25, 0.3) is 0 Å². The third-order valence-corrected chi connectivity index (χ3v) is 2.51. The summed E-state index contributed by atoms with van der Waals surface area (Å²) in [6, 6.07) is 0.0385. The van der Waals surface area contributed by atoms with Gasteiger partial charge >= 0.3 is 0 Å². The van der Waals surface area contributed by atoms with Crippen LogP contribution >= 0.6 is 0 Å². The molecule has 1 rings (SSSR count). The monoisotopic (exact) mass is 188 g/mol. The van der Waals surface area contributed by atoms with Gasteiger partial charge < -0.3 is 11.1 Å². The van der Waals surface area contributed by atoms with Gasteiger partial charge in [0.05, 0.1) is 0 Å². The topological polar surface area (TPSA) is 38.0 Å². The van der Waals surface area contributed by atoms with E-state index in [1.54, 1.807) is 0 Å². The van der Waals surface area contributed by atoms with Gasteiger partial charge in [-0.2, -0.15) is 0 Å². The number of piperidine rings is 1. The molecule has 1 saturated heterocycles. The highest BCUT2D eigenvalue weighted by Gasteiger charge is 2.27. The highest BCUT2D eigenvalue weighted by molar-refractivity contribution is 4.85. The molecular formula is C10H21FN2. The summed E-state index contributed by atoms with van der Waals surface area (Å²) in [5, 5.41) is 3.21. The molecule has 0 amide bonds. The Morgan fingerprint density at radius 2 is 2.23 bits per heavy atom. The normalized spacial score (nSPS) is 27.2. The molecule has 1 aliphatic rings. The Morgan fingerprint density at radius 1 is 1.54 bits per heavy atom. The number of alkyl halides is 1. The lowest BCUT2D eigenvalue weighted by Crippen LogP contribution is -2.46. The van der Waals surface area contributed by atoms with Crippen LogP contribution in [0.25, 0.3) is 0 Å². The van der Waals surface area contributed by atoms with E-state index in [1.165, 1.54) is 6.42 Å². The fourth-order valence-electron chi connectivity index (χ4n) is 1.83. The molecule has 0 aromatic carbocycles. The van der Waals surface area contributed by atoms with Crippen LogP contribution < -0.4 is 11.1 Å². The zero-order valence-electron chi connectivity index (χ0n) is 8.65. The maximum Gasteiger partial charge on any atom is 0.117 e. The molecule has 2 nitrogen and oxygen atoms in total. The first-order valence-electron chi connectivity index (χ1n) is 5.15. The van der Waals surface area contributed by atoms with E-state index in [0.29, 0.717) is 6.42 Å². The van der Waals surface area contributed by atoms with Crippen LogP contribution in [0.5, 0.6) is 0 Å². The first-order chi connectivity index (χ1) is 5.99. The Hall–Kier alpha value is -0.150. The zero-order chi connectivity index (χ0) is 9.90. The molecule has 3 N–H and O–H groups in total. The minimum absolute atomic E-state index is 0.0385. The third kappa shape index (κ3) is 4.05. The minimum Gasteiger partial charge on any atom is -0.325 e. The summed E-state index contributed by atoms with van der Waals surface area (Å²) in [5.41, 5.74) is 5.38. The van der Waals surface area contributed by atoms with E-state index in [4.69, 9.17) is 5.73 Å². The van der Waals surface area contributed by atoms with E-state index in [9.17, 15) is 4.39 Å². The Morgan fingerprint density at radius 3 is 2.69 bits per heavy atom. The summed E-state index contributed by atoms with van der Waals surface area (Å²) in [6.07, 6.45) is 2.93. The summed E-state index contributed by atoms with van der Waals surface area (Å²) < 4.78 is 13.6. The average molecular weight is 188 g/mol. The summed E-state index contributed by atoms with van der Waals surface area (Å²) >= 11 is 0. The van der Waals surface area contributed by atoms with E-state index in [2.05, 4.69) is 5.32 Å². The quantitative estimate of drug-likeness (QED) is 0.706. The van der Waals surface area contributed by atoms with Crippen molar-refractivity contribution in [3.8, 4) is 0 Å². The SMILES string of the molecule is CC(C)(N)CC(F)C1CCCCN1. The van der Waals surface area contributed by atoms with Crippen LogP contribution in [0, 0.1) is 0 Å². The lowest BCUT2D eigenvalue weighted by atomic mass is 9.91. The molecule has 0 radical (unpaired) electrons. The number of hydrogen-bond donors (Lipinski definition) is 2. The van der Waals surface area contributed by atoms with Crippen molar-refractivity contribution < 1.29 is 4.39 Å². The lowest BCUT2D eigenvalue weighted by molar-refractivity contribution is 0.180. The summed E-state index contributed by atoms with van der Waals surface area (Å²) in [6.45, 7) is 4.71. The Balaban J connectivity index is 2.33. The highest BCUT2D eigenvalue weighted by atomic mass is 19.1. The molecule has 0 saturated carbocycles. The van der Waals surface area contributed by atoms with Crippen LogP contribution in [0.15, 0.2) is 0 Å². The number of halogens is 1. The molecule has 0 aliphatic carbocycles. The van der Waals surface area contributed by atoms with E-state index in [1.807, 2.05) is 13.8 Å². The second-order valence-corrected chi connectivity index (χ2v) is 4.77. The average Bonchev–Trinajstić information content (AvgIpc) is 2.03. The Bertz CT molecular complexity index is 147. The minimum atomic E-state index is -0.791. The van der Waals surface area contributed by atoms with Crippen LogP contribution in [-0.2, 0) is 0 Å². The number of hydrogen-bond acceptors (Lipinski definition) is 2.